The number of halogens is 1. The Hall–Kier alpha value is -3.44. The molecule has 0 fully saturated rings. The zero-order chi connectivity index (χ0) is 24.3. The number of fused-ring (bicyclic) bond motifs is 1. The van der Waals surface area contributed by atoms with Crippen LogP contribution in [0.2, 0.25) is 0 Å². The lowest BCUT2D eigenvalue weighted by Crippen LogP contribution is -2.33. The van der Waals surface area contributed by atoms with Crippen molar-refractivity contribution in [2.75, 3.05) is 30.8 Å². The van der Waals surface area contributed by atoms with Gasteiger partial charge in [-0.05, 0) is 42.3 Å². The number of anilines is 1. The first-order valence-corrected chi connectivity index (χ1v) is 11.7. The number of rotatable bonds is 8. The smallest absolute Gasteiger partial charge is 0.412 e. The van der Waals surface area contributed by atoms with E-state index in [0.717, 1.165) is 6.26 Å². The summed E-state index contributed by atoms with van der Waals surface area (Å²) in [5, 5.41) is 0.293. The number of methoxy groups -OCH3 is 1. The average molecular weight is 478 g/mol. The van der Waals surface area contributed by atoms with Crippen LogP contribution in [0.5, 0.6) is 0 Å². The van der Waals surface area contributed by atoms with Gasteiger partial charge in [0, 0.05) is 24.1 Å². The number of carbonyl (C=O) groups excluding carboxylic acids is 2. The minimum Gasteiger partial charge on any atom is -0.455 e. The molecule has 2 aromatic carbocycles. The van der Waals surface area contributed by atoms with Crippen LogP contribution >= 0.6 is 0 Å². The molecule has 1 heterocycles. The Labute approximate surface area is 189 Å². The highest BCUT2D eigenvalue weighted by Crippen LogP contribution is 2.38. The number of furan rings is 1. The molecule has 0 atom stereocenters. The van der Waals surface area contributed by atoms with Crippen LogP contribution in [0.1, 0.15) is 22.8 Å². The number of primary amides is 1. The van der Waals surface area contributed by atoms with Crippen molar-refractivity contribution in [1.82, 2.24) is 0 Å². The molecule has 3 rings (SSSR count). The molecule has 2 N–H and O–H groups in total. The summed E-state index contributed by atoms with van der Waals surface area (Å²) in [4.78, 5) is 24.0. The molecule has 0 aliphatic carbocycles. The number of aryl methyl sites for hydroxylation is 1. The fourth-order valence-electron chi connectivity index (χ4n) is 3.48. The number of nitrogens with two attached hydrogens (primary N) is 1. The third-order valence-electron chi connectivity index (χ3n) is 4.94. The Bertz CT molecular complexity index is 1300. The molecule has 1 aromatic heterocycles. The number of esters is 1. The van der Waals surface area contributed by atoms with Gasteiger partial charge in [-0.2, -0.15) is 0 Å². The molecule has 0 unspecified atom stereocenters. The van der Waals surface area contributed by atoms with Crippen molar-refractivity contribution in [3.05, 3.63) is 53.3 Å². The van der Waals surface area contributed by atoms with Crippen molar-refractivity contribution < 1.29 is 36.3 Å². The van der Waals surface area contributed by atoms with E-state index in [-0.39, 0.29) is 30.1 Å². The molecule has 0 saturated heterocycles. The molecular weight excluding hydrogens is 455 g/mol. The Morgan fingerprint density at radius 3 is 2.39 bits per heavy atom. The third kappa shape index (κ3) is 5.15. The second kappa shape index (κ2) is 9.59. The lowest BCUT2D eigenvalue weighted by atomic mass is 10.0. The Morgan fingerprint density at radius 1 is 1.18 bits per heavy atom. The quantitative estimate of drug-likeness (QED) is 0.388. The van der Waals surface area contributed by atoms with Crippen LogP contribution < -0.4 is 10.0 Å². The molecule has 0 aliphatic rings. The first-order chi connectivity index (χ1) is 15.6. The van der Waals surface area contributed by atoms with Crippen molar-refractivity contribution in [3.8, 4) is 11.3 Å². The largest absolute Gasteiger partial charge is 0.455 e. The van der Waals surface area contributed by atoms with Crippen LogP contribution in [-0.4, -0.2) is 47.0 Å². The van der Waals surface area contributed by atoms with Gasteiger partial charge < -0.3 is 19.6 Å². The summed E-state index contributed by atoms with van der Waals surface area (Å²) in [5.41, 5.74) is 6.42. The van der Waals surface area contributed by atoms with Gasteiger partial charge in [-0.15, -0.1) is 0 Å². The highest BCUT2D eigenvalue weighted by molar-refractivity contribution is 7.92. The molecule has 0 radical (unpaired) electrons. The van der Waals surface area contributed by atoms with Gasteiger partial charge in [-0.25, -0.2) is 22.4 Å². The third-order valence-corrected chi connectivity index (χ3v) is 6.12. The fraction of sp³-hybridized carbons (Fsp3) is 0.273. The van der Waals surface area contributed by atoms with E-state index in [2.05, 4.69) is 4.74 Å². The maximum absolute atomic E-state index is 13.4. The number of carbonyl (C=O) groups is 2. The van der Waals surface area contributed by atoms with Crippen molar-refractivity contribution in [1.29, 1.82) is 0 Å². The first kappa shape index (κ1) is 24.2. The second-order valence-corrected chi connectivity index (χ2v) is 9.09. The molecule has 0 bridgehead atoms. The Balaban J connectivity index is 2.30. The fourth-order valence-corrected chi connectivity index (χ4v) is 4.41. The van der Waals surface area contributed by atoms with E-state index < -0.39 is 27.9 Å². The molecule has 176 valence electrons. The van der Waals surface area contributed by atoms with Gasteiger partial charge in [0.05, 0.1) is 25.1 Å². The summed E-state index contributed by atoms with van der Waals surface area (Å²) in [6, 6.07) is 8.27. The van der Waals surface area contributed by atoms with Crippen LogP contribution in [-0.2, 0) is 25.9 Å². The molecule has 9 nitrogen and oxygen atoms in total. The minimum absolute atomic E-state index is 0.0262. The minimum atomic E-state index is -3.67. The maximum atomic E-state index is 13.4. The van der Waals surface area contributed by atoms with Crippen LogP contribution in [0.3, 0.4) is 0 Å². The summed E-state index contributed by atoms with van der Waals surface area (Å²) in [5.74, 6) is -1.51. The summed E-state index contributed by atoms with van der Waals surface area (Å²) in [6.07, 6.45) is 0.203. The molecular formula is C22H23FN2O7S. The summed E-state index contributed by atoms with van der Waals surface area (Å²) in [7, 11) is -2.21. The predicted octanol–water partition coefficient (Wildman–Crippen LogP) is 3.45. The molecule has 11 heteroatoms. The topological polar surface area (TPSA) is 129 Å². The van der Waals surface area contributed by atoms with Crippen molar-refractivity contribution in [2.45, 2.75) is 13.3 Å². The van der Waals surface area contributed by atoms with E-state index in [4.69, 9.17) is 14.9 Å². The van der Waals surface area contributed by atoms with Gasteiger partial charge in [0.25, 0.3) is 0 Å². The van der Waals surface area contributed by atoms with Gasteiger partial charge in [0.1, 0.15) is 22.7 Å². The zero-order valence-corrected chi connectivity index (χ0v) is 19.1. The van der Waals surface area contributed by atoms with Crippen molar-refractivity contribution in [2.24, 2.45) is 5.73 Å². The van der Waals surface area contributed by atoms with Gasteiger partial charge in [0.15, 0.2) is 0 Å². The molecule has 33 heavy (non-hydrogen) atoms. The number of ether oxygens (including phenoxy) is 2. The average Bonchev–Trinajstić information content (AvgIpc) is 3.10. The van der Waals surface area contributed by atoms with E-state index >= 15 is 0 Å². The lowest BCUT2D eigenvalue weighted by Gasteiger charge is -2.24. The van der Waals surface area contributed by atoms with Gasteiger partial charge in [-0.3, -0.25) is 4.31 Å². The normalized spacial score (nSPS) is 11.5. The second-order valence-electron chi connectivity index (χ2n) is 7.18. The van der Waals surface area contributed by atoms with Gasteiger partial charge in [-0.1, -0.05) is 6.92 Å². The summed E-state index contributed by atoms with van der Waals surface area (Å²) < 4.78 is 55.1. The predicted molar refractivity (Wildman–Crippen MR) is 120 cm³/mol. The lowest BCUT2D eigenvalue weighted by molar-refractivity contribution is 0.0640. The van der Waals surface area contributed by atoms with Crippen molar-refractivity contribution in [3.63, 3.8) is 0 Å². The number of amides is 1. The van der Waals surface area contributed by atoms with E-state index in [9.17, 15) is 22.4 Å². The maximum Gasteiger partial charge on any atom is 0.412 e. The van der Waals surface area contributed by atoms with Crippen LogP contribution in [0.25, 0.3) is 22.3 Å². The van der Waals surface area contributed by atoms with Crippen LogP contribution in [0.15, 0.2) is 40.8 Å². The van der Waals surface area contributed by atoms with Crippen LogP contribution in [0, 0.1) is 5.82 Å². The summed E-state index contributed by atoms with van der Waals surface area (Å²) >= 11 is 0. The Morgan fingerprint density at radius 2 is 1.85 bits per heavy atom. The number of sulfonamides is 1. The molecule has 3 aromatic rings. The first-order valence-electron chi connectivity index (χ1n) is 9.90. The van der Waals surface area contributed by atoms with Gasteiger partial charge >= 0.3 is 12.1 Å². The SMILES string of the molecule is CCc1cc2c(C(=O)OC(N)=O)c(-c3ccc(F)cc3)oc2cc1N(CCOC)S(C)(=O)=O. The highest BCUT2D eigenvalue weighted by atomic mass is 32.2. The molecule has 0 spiro atoms. The standard InChI is InChI=1S/C22H23FN2O7S/c1-4-13-11-16-18(12-17(13)25(9-10-30-2)33(3,28)29)31-20(14-5-7-15(23)8-6-14)19(16)21(26)32-22(24)27/h5-8,11-12H,4,9-10H2,1-3H3,(H2,24,27). The van der Waals surface area contributed by atoms with E-state index in [1.807, 2.05) is 6.92 Å². The number of hydrogen-bond donors (Lipinski definition) is 1. The number of nitrogens with zero attached hydrogens (tertiary/aromatic N) is 1. The zero-order valence-electron chi connectivity index (χ0n) is 18.3. The highest BCUT2D eigenvalue weighted by Gasteiger charge is 2.28. The van der Waals surface area contributed by atoms with Crippen LogP contribution in [0.4, 0.5) is 14.9 Å². The Kier molecular flexibility index (Phi) is 7.04. The van der Waals surface area contributed by atoms with Crippen molar-refractivity contribution >= 4 is 38.7 Å². The van der Waals surface area contributed by atoms with Gasteiger partial charge in [0.2, 0.25) is 10.0 Å². The van der Waals surface area contributed by atoms with E-state index in [1.165, 1.54) is 41.7 Å². The summed E-state index contributed by atoms with van der Waals surface area (Å²) in [6.45, 7) is 2.04. The molecule has 0 aliphatic heterocycles. The van der Waals surface area contributed by atoms with E-state index in [1.54, 1.807) is 6.07 Å². The molecule has 1 amide bonds. The monoisotopic (exact) mass is 478 g/mol. The number of hydrogen-bond acceptors (Lipinski definition) is 7. The number of benzene rings is 2. The van der Waals surface area contributed by atoms with E-state index in [0.29, 0.717) is 28.6 Å². The molecule has 0 saturated carbocycles.